The summed E-state index contributed by atoms with van der Waals surface area (Å²) in [5, 5.41) is 0. The van der Waals surface area contributed by atoms with Gasteiger partial charge in [-0.1, -0.05) is 19.1 Å². The first-order valence-electron chi connectivity index (χ1n) is 10.8. The van der Waals surface area contributed by atoms with Crippen LogP contribution in [-0.2, 0) is 18.9 Å². The molecule has 4 nitrogen and oxygen atoms in total. The van der Waals surface area contributed by atoms with E-state index in [9.17, 15) is 101 Å². The molecule has 0 heterocycles. The Bertz CT molecular complexity index is 975. The van der Waals surface area contributed by atoms with E-state index in [2.05, 4.69) is 4.74 Å². The summed E-state index contributed by atoms with van der Waals surface area (Å²) in [6.07, 6.45) is -56.8. The van der Waals surface area contributed by atoms with E-state index in [4.69, 9.17) is 0 Å². The molecule has 0 rings (SSSR count). The van der Waals surface area contributed by atoms with E-state index in [1.54, 1.807) is 13.1 Å². The Balaban J connectivity index is 6.98. The lowest BCUT2D eigenvalue weighted by atomic mass is 10.2. The Kier molecular flexibility index (Phi) is 12.4. The van der Waals surface area contributed by atoms with Crippen LogP contribution in [0.15, 0.2) is 0 Å². The van der Waals surface area contributed by atoms with Crippen LogP contribution in [-0.4, -0.2) is 88.5 Å². The van der Waals surface area contributed by atoms with Crippen LogP contribution >= 0.6 is 0 Å². The molecular weight excluding hydrogens is 733 g/mol. The van der Waals surface area contributed by atoms with E-state index in [0.29, 0.717) is 0 Å². The Hall–Kier alpha value is -1.55. The summed E-state index contributed by atoms with van der Waals surface area (Å²) in [5.41, 5.74) is 0. The number of alkyl halides is 23. The molecule has 28 heteroatoms. The monoisotopic (exact) mass is 748 g/mol. The van der Waals surface area contributed by atoms with Crippen LogP contribution in [0.3, 0.4) is 0 Å². The molecule has 0 radical (unpaired) electrons. The van der Waals surface area contributed by atoms with Crippen molar-refractivity contribution >= 4 is 8.80 Å². The SMILES string of the molecule is C[SiH](C)CCCOCC(F)(OC(F)(F)C(F)(OC(F)(F)C(F)(OC(F)(F)C(F)(F)C(F)(F)F)C(F)(F)F)C(F)(F)F)C(F)(F)F. The number of halogens is 23. The topological polar surface area (TPSA) is 36.9 Å². The standard InChI is InChI=1S/C17H15F23O4Si/c1-45(2)5-3-4-41-6-7(18,11(23,24)25)42-16(37,38)9(21,13(29,30)31)44-17(39,40)10(22,14(32,33)34)43-15(35,36)8(19,20)12(26,27)28/h45H,3-6H2,1-2H3. The van der Waals surface area contributed by atoms with Crippen LogP contribution in [0.4, 0.5) is 101 Å². The average Bonchev–Trinajstić information content (AvgIpc) is 2.74. The second kappa shape index (κ2) is 12.8. The first-order valence-corrected chi connectivity index (χ1v) is 13.9. The summed E-state index contributed by atoms with van der Waals surface area (Å²) in [7, 11) is -1.52. The largest absolute Gasteiger partial charge is 0.462 e. The summed E-state index contributed by atoms with van der Waals surface area (Å²) in [4.78, 5) is 0. The fraction of sp³-hybridized carbons (Fsp3) is 1.00. The number of hydrogen-bond donors (Lipinski definition) is 0. The number of hydrogen-bond acceptors (Lipinski definition) is 4. The molecule has 0 saturated carbocycles. The van der Waals surface area contributed by atoms with Gasteiger partial charge >= 0.3 is 66.5 Å². The first kappa shape index (κ1) is 43.4. The van der Waals surface area contributed by atoms with Gasteiger partial charge in [0, 0.05) is 15.4 Å². The molecule has 0 aromatic heterocycles. The van der Waals surface area contributed by atoms with Crippen molar-refractivity contribution < 1.29 is 120 Å². The third-order valence-corrected chi connectivity index (χ3v) is 6.37. The lowest BCUT2D eigenvalue weighted by Crippen LogP contribution is -2.70. The van der Waals surface area contributed by atoms with Crippen molar-refractivity contribution in [3.05, 3.63) is 0 Å². The molecule has 3 unspecified atom stereocenters. The van der Waals surface area contributed by atoms with Gasteiger partial charge in [0.15, 0.2) is 0 Å². The third-order valence-electron chi connectivity index (χ3n) is 4.81. The minimum Gasteiger partial charge on any atom is -0.375 e. The van der Waals surface area contributed by atoms with Gasteiger partial charge in [0.2, 0.25) is 0 Å². The smallest absolute Gasteiger partial charge is 0.375 e. The fourth-order valence-corrected chi connectivity index (χ4v) is 3.43. The second-order valence-corrected chi connectivity index (χ2v) is 12.3. The predicted octanol–water partition coefficient (Wildman–Crippen LogP) is 8.59. The molecule has 0 spiro atoms. The molecule has 0 aromatic rings. The van der Waals surface area contributed by atoms with Crippen molar-refractivity contribution in [2.45, 2.75) is 92.1 Å². The lowest BCUT2D eigenvalue weighted by molar-refractivity contribution is -0.580. The van der Waals surface area contributed by atoms with Gasteiger partial charge in [-0.2, -0.15) is 101 Å². The molecule has 0 aliphatic carbocycles. The highest BCUT2D eigenvalue weighted by Gasteiger charge is 2.88. The number of ether oxygens (including phenoxy) is 4. The Morgan fingerprint density at radius 1 is 0.444 bits per heavy atom. The van der Waals surface area contributed by atoms with Gasteiger partial charge in [-0.05, 0) is 6.42 Å². The maximum absolute atomic E-state index is 14.4. The summed E-state index contributed by atoms with van der Waals surface area (Å²) >= 11 is 0. The minimum atomic E-state index is -8.65. The van der Waals surface area contributed by atoms with Crippen LogP contribution in [0.25, 0.3) is 0 Å². The maximum Gasteiger partial charge on any atom is 0.462 e. The Morgan fingerprint density at radius 3 is 1.11 bits per heavy atom. The normalized spacial score (nSPS) is 19.3. The molecule has 0 aliphatic heterocycles. The van der Waals surface area contributed by atoms with Crippen LogP contribution < -0.4 is 0 Å². The van der Waals surface area contributed by atoms with E-state index in [0.717, 1.165) is 4.74 Å². The molecule has 45 heavy (non-hydrogen) atoms. The molecule has 0 fully saturated rings. The van der Waals surface area contributed by atoms with Crippen LogP contribution in [0.2, 0.25) is 19.1 Å². The van der Waals surface area contributed by atoms with E-state index in [1.807, 2.05) is 4.74 Å². The van der Waals surface area contributed by atoms with Crippen molar-refractivity contribution in [3.8, 4) is 0 Å². The van der Waals surface area contributed by atoms with Gasteiger partial charge in [-0.15, -0.1) is 0 Å². The zero-order valence-corrected chi connectivity index (χ0v) is 22.4. The fourth-order valence-electron chi connectivity index (χ4n) is 2.45. The van der Waals surface area contributed by atoms with Crippen molar-refractivity contribution in [1.29, 1.82) is 0 Å². The molecule has 0 aliphatic rings. The van der Waals surface area contributed by atoms with Crippen molar-refractivity contribution in [2.24, 2.45) is 0 Å². The van der Waals surface area contributed by atoms with Crippen molar-refractivity contribution in [2.75, 3.05) is 13.2 Å². The van der Waals surface area contributed by atoms with Gasteiger partial charge in [-0.25, -0.2) is 0 Å². The Labute approximate surface area is 235 Å². The number of rotatable bonds is 15. The summed E-state index contributed by atoms with van der Waals surface area (Å²) in [6.45, 7) is -0.787. The highest BCUT2D eigenvalue weighted by atomic mass is 28.3. The van der Waals surface area contributed by atoms with E-state index < -0.39 is 88.5 Å². The molecule has 0 saturated heterocycles. The summed E-state index contributed by atoms with van der Waals surface area (Å²) in [6, 6.07) is 0.174. The van der Waals surface area contributed by atoms with E-state index >= 15 is 0 Å². The van der Waals surface area contributed by atoms with E-state index in [-0.39, 0.29) is 12.5 Å². The zero-order chi connectivity index (χ0) is 36.7. The van der Waals surface area contributed by atoms with E-state index in [1.165, 1.54) is 4.74 Å². The molecule has 0 N–H and O–H groups in total. The van der Waals surface area contributed by atoms with Crippen molar-refractivity contribution in [1.82, 2.24) is 0 Å². The highest BCUT2D eigenvalue weighted by Crippen LogP contribution is 2.59. The van der Waals surface area contributed by atoms with Crippen molar-refractivity contribution in [3.63, 3.8) is 0 Å². The maximum atomic E-state index is 14.4. The molecule has 272 valence electrons. The quantitative estimate of drug-likeness (QED) is 0.0956. The van der Waals surface area contributed by atoms with Gasteiger partial charge in [-0.3, -0.25) is 14.2 Å². The highest BCUT2D eigenvalue weighted by molar-refractivity contribution is 6.55. The lowest BCUT2D eigenvalue weighted by Gasteiger charge is -2.42. The summed E-state index contributed by atoms with van der Waals surface area (Å²) in [5.74, 6) is -31.6. The van der Waals surface area contributed by atoms with Crippen LogP contribution in [0, 0.1) is 0 Å². The van der Waals surface area contributed by atoms with Crippen LogP contribution in [0.1, 0.15) is 6.42 Å². The van der Waals surface area contributed by atoms with Gasteiger partial charge < -0.3 is 4.74 Å². The minimum absolute atomic E-state index is 0.174. The van der Waals surface area contributed by atoms with Gasteiger partial charge in [0.25, 0.3) is 0 Å². The second-order valence-electron chi connectivity index (χ2n) is 8.93. The van der Waals surface area contributed by atoms with Gasteiger partial charge in [0.05, 0.1) is 0 Å². The molecule has 0 aromatic carbocycles. The molecule has 0 bridgehead atoms. The Morgan fingerprint density at radius 2 is 0.800 bits per heavy atom. The average molecular weight is 748 g/mol. The zero-order valence-electron chi connectivity index (χ0n) is 21.2. The molecule has 3 atom stereocenters. The molecular formula is C17H15F23O4Si. The molecule has 0 amide bonds. The predicted molar refractivity (Wildman–Crippen MR) is 97.9 cm³/mol. The summed E-state index contributed by atoms with van der Waals surface area (Å²) < 4.78 is 313. The van der Waals surface area contributed by atoms with Gasteiger partial charge in [0.1, 0.15) is 6.61 Å². The third kappa shape index (κ3) is 8.88. The first-order chi connectivity index (χ1) is 19.3. The van der Waals surface area contributed by atoms with Crippen LogP contribution in [0.5, 0.6) is 0 Å².